The maximum absolute atomic E-state index is 13.2. The Morgan fingerprint density at radius 3 is 2.78 bits per heavy atom. The summed E-state index contributed by atoms with van der Waals surface area (Å²) in [7, 11) is 1.62. The molecule has 0 spiro atoms. The molecule has 238 valence electrons. The number of aliphatic carboxylic acids is 2. The van der Waals surface area contributed by atoms with Crippen molar-refractivity contribution in [3.8, 4) is 0 Å². The van der Waals surface area contributed by atoms with Crippen LogP contribution in [0.25, 0.3) is 0 Å². The minimum absolute atomic E-state index is 0.000772. The highest BCUT2D eigenvalue weighted by Gasteiger charge is 2.48. The number of oxime groups is 1. The molecule has 2 aromatic rings. The topological polar surface area (TPSA) is 224 Å². The quantitative estimate of drug-likeness (QED) is 0.131. The Morgan fingerprint density at radius 1 is 1.36 bits per heavy atom. The van der Waals surface area contributed by atoms with Gasteiger partial charge < -0.3 is 39.7 Å². The van der Waals surface area contributed by atoms with Gasteiger partial charge in [-0.3, -0.25) is 19.1 Å². The molecule has 2 aliphatic heterocycles. The normalized spacial score (nSPS) is 19.0. The number of ether oxygens (including phenoxy) is 1. The van der Waals surface area contributed by atoms with E-state index >= 15 is 0 Å². The van der Waals surface area contributed by atoms with Crippen molar-refractivity contribution >= 4 is 62.8 Å². The number of anilines is 1. The third-order valence-corrected chi connectivity index (χ3v) is 8.81. The number of hydrogen-bond donors (Lipinski definition) is 3. The molecule has 0 bridgehead atoms. The third kappa shape index (κ3) is 7.68. The average molecular weight is 662 g/mol. The number of pyridine rings is 1. The molecule has 45 heavy (non-hydrogen) atoms. The summed E-state index contributed by atoms with van der Waals surface area (Å²) in [6.07, 6.45) is 3.50. The fraction of sp³-hybridized carbons (Fsp3) is 0.308. The number of fused-ring (bicyclic) bond motifs is 1. The van der Waals surface area contributed by atoms with Crippen LogP contribution in [0.2, 0.25) is 0 Å². The largest absolute Gasteiger partial charge is 0.543 e. The number of allylic oxidation sites excluding steroid dienone is 1. The lowest BCUT2D eigenvalue weighted by atomic mass is 10.0. The molecule has 0 radical (unpaired) electrons. The number of carbonyl (C=O) groups is 5. The lowest BCUT2D eigenvalue weighted by Crippen LogP contribution is -2.71. The lowest BCUT2D eigenvalue weighted by molar-refractivity contribution is -0.727. The van der Waals surface area contributed by atoms with E-state index in [0.717, 1.165) is 11.3 Å². The third-order valence-electron chi connectivity index (χ3n) is 6.33. The molecular formula is C26H27N7O10S2. The molecule has 19 heteroatoms. The summed E-state index contributed by atoms with van der Waals surface area (Å²) in [6, 6.07) is 2.47. The van der Waals surface area contributed by atoms with E-state index in [9.17, 15) is 33.3 Å². The highest BCUT2D eigenvalue weighted by atomic mass is 32.2. The van der Waals surface area contributed by atoms with Crippen LogP contribution in [0.3, 0.4) is 0 Å². The Kier molecular flexibility index (Phi) is 10.2. The van der Waals surface area contributed by atoms with Crippen LogP contribution < -0.4 is 20.3 Å². The van der Waals surface area contributed by atoms with Gasteiger partial charge >= 0.3 is 12.1 Å². The van der Waals surface area contributed by atoms with Crippen LogP contribution in [0.5, 0.6) is 0 Å². The molecule has 2 aromatic heterocycles. The van der Waals surface area contributed by atoms with Gasteiger partial charge in [0.25, 0.3) is 18.5 Å². The first kappa shape index (κ1) is 32.7. The predicted molar refractivity (Wildman–Crippen MR) is 155 cm³/mol. The Hall–Kier alpha value is -5.17. The lowest BCUT2D eigenvalue weighted by Gasteiger charge is -2.52. The number of hydrogen-bond acceptors (Lipinski definition) is 13. The van der Waals surface area contributed by atoms with E-state index in [0.29, 0.717) is 5.56 Å². The molecule has 0 saturated carbocycles. The smallest absolute Gasteiger partial charge is 0.418 e. The van der Waals surface area contributed by atoms with Crippen LogP contribution in [-0.2, 0) is 41.5 Å². The van der Waals surface area contributed by atoms with Crippen molar-refractivity contribution in [2.45, 2.75) is 18.1 Å². The molecule has 1 unspecified atom stereocenters. The number of thiazole rings is 1. The van der Waals surface area contributed by atoms with Gasteiger partial charge in [-0.2, -0.15) is 4.57 Å². The number of carboxylic acid groups (broad SMARTS) is 2. The SMILES string of the molecule is C=CC1=C(C(=O)[O-])N2C[C@@H](NC(=O)/C(=N/OCC(=O)O)c3csc(NC(=O)OC[n+]4cccc(C(=O)N(C)C)c4)n3)[C@H]2S(=O)C1. The first-order chi connectivity index (χ1) is 21.4. The van der Waals surface area contributed by atoms with Gasteiger partial charge in [0.05, 0.1) is 34.3 Å². The van der Waals surface area contributed by atoms with Crippen molar-refractivity contribution in [3.63, 3.8) is 0 Å². The van der Waals surface area contributed by atoms with Crippen LogP contribution in [0.15, 0.2) is 59.0 Å². The molecule has 4 heterocycles. The van der Waals surface area contributed by atoms with Crippen molar-refractivity contribution in [2.24, 2.45) is 5.16 Å². The summed E-state index contributed by atoms with van der Waals surface area (Å²) < 4.78 is 19.5. The van der Waals surface area contributed by atoms with Crippen molar-refractivity contribution < 1.29 is 52.5 Å². The highest BCUT2D eigenvalue weighted by molar-refractivity contribution is 7.86. The van der Waals surface area contributed by atoms with Crippen LogP contribution in [-0.4, -0.2) is 104 Å². The number of nitrogens with one attached hydrogen (secondary N) is 2. The van der Waals surface area contributed by atoms with Crippen LogP contribution >= 0.6 is 11.3 Å². The van der Waals surface area contributed by atoms with E-state index in [-0.39, 0.29) is 47.0 Å². The number of nitrogens with zero attached hydrogens (tertiary/aromatic N) is 5. The summed E-state index contributed by atoms with van der Waals surface area (Å²) in [5, 5.41) is 29.7. The fourth-order valence-corrected chi connectivity index (χ4v) is 6.73. The van der Waals surface area contributed by atoms with E-state index in [1.165, 1.54) is 32.0 Å². The molecule has 0 aromatic carbocycles. The summed E-state index contributed by atoms with van der Waals surface area (Å²) in [5.74, 6) is -4.03. The number of carbonyl (C=O) groups excluding carboxylic acids is 4. The number of aromatic nitrogens is 2. The Morgan fingerprint density at radius 2 is 2.11 bits per heavy atom. The first-order valence-corrected chi connectivity index (χ1v) is 15.2. The maximum Gasteiger partial charge on any atom is 0.418 e. The average Bonchev–Trinajstić information content (AvgIpc) is 3.43. The summed E-state index contributed by atoms with van der Waals surface area (Å²) in [5.41, 5.74) is -0.0600. The number of amides is 3. The van der Waals surface area contributed by atoms with Gasteiger partial charge in [0.1, 0.15) is 16.6 Å². The zero-order chi connectivity index (χ0) is 32.8. The van der Waals surface area contributed by atoms with E-state index in [4.69, 9.17) is 14.7 Å². The zero-order valence-corrected chi connectivity index (χ0v) is 25.5. The van der Waals surface area contributed by atoms with E-state index in [2.05, 4.69) is 27.4 Å². The molecule has 1 saturated heterocycles. The Bertz CT molecular complexity index is 1640. The van der Waals surface area contributed by atoms with E-state index < -0.39 is 58.5 Å². The molecule has 17 nitrogen and oxygen atoms in total. The van der Waals surface area contributed by atoms with E-state index in [1.807, 2.05) is 0 Å². The molecular weight excluding hydrogens is 634 g/mol. The van der Waals surface area contributed by atoms with E-state index in [1.54, 1.807) is 32.4 Å². The van der Waals surface area contributed by atoms with Gasteiger partial charge in [-0.05, 0) is 11.6 Å². The maximum atomic E-state index is 13.2. The summed E-state index contributed by atoms with van der Waals surface area (Å²) in [4.78, 5) is 72.1. The molecule has 2 aliphatic rings. The first-order valence-electron chi connectivity index (χ1n) is 12.9. The van der Waals surface area contributed by atoms with Gasteiger partial charge in [-0.25, -0.2) is 14.6 Å². The van der Waals surface area contributed by atoms with Crippen molar-refractivity contribution in [1.29, 1.82) is 0 Å². The molecule has 3 amide bonds. The number of rotatable bonds is 12. The predicted octanol–water partition coefficient (Wildman–Crippen LogP) is -1.78. The van der Waals surface area contributed by atoms with Crippen molar-refractivity contribution in [1.82, 2.24) is 20.1 Å². The second-order valence-corrected chi connectivity index (χ2v) is 12.0. The zero-order valence-electron chi connectivity index (χ0n) is 23.8. The van der Waals surface area contributed by atoms with Gasteiger partial charge in [0, 0.05) is 32.1 Å². The number of carboxylic acids is 2. The monoisotopic (exact) mass is 661 g/mol. The van der Waals surface area contributed by atoms with Crippen LogP contribution in [0, 0.1) is 0 Å². The Balaban J connectivity index is 1.42. The molecule has 3 atom stereocenters. The van der Waals surface area contributed by atoms with Crippen LogP contribution in [0.1, 0.15) is 16.1 Å². The highest BCUT2D eigenvalue weighted by Crippen LogP contribution is 2.33. The molecule has 4 rings (SSSR count). The molecule has 1 fully saturated rings. The molecule has 0 aliphatic carbocycles. The summed E-state index contributed by atoms with van der Waals surface area (Å²) in [6.45, 7) is 2.44. The fourth-order valence-electron chi connectivity index (χ4n) is 4.32. The van der Waals surface area contributed by atoms with Gasteiger partial charge in [0.15, 0.2) is 23.2 Å². The minimum atomic E-state index is -1.59. The standard InChI is InChI=1S/C26H27N7O10S2/c1-4-14-12-45(41)23-16(9-33(23)20(14)24(38)39)27-21(36)19(30-43-10-18(34)35)17-11-44-25(28-17)29-26(40)42-13-32-7-5-6-15(8-32)22(37)31(2)3/h4-8,11,16,23H,1,9-10,12-13H2,2-3H3,(H3-,27,28,29,34,35,36,38,39,40)/b30-19+/t16-,23-,45?/m1/s1. The summed E-state index contributed by atoms with van der Waals surface area (Å²) >= 11 is 0.901. The van der Waals surface area contributed by atoms with Gasteiger partial charge in [0.2, 0.25) is 6.61 Å². The minimum Gasteiger partial charge on any atom is -0.543 e. The molecule has 3 N–H and O–H groups in total. The van der Waals surface area contributed by atoms with Crippen molar-refractivity contribution in [3.05, 3.63) is 65.1 Å². The second kappa shape index (κ2) is 14.1. The second-order valence-electron chi connectivity index (χ2n) is 9.65. The Labute approximate surface area is 261 Å². The van der Waals surface area contributed by atoms with Gasteiger partial charge in [-0.1, -0.05) is 17.8 Å². The van der Waals surface area contributed by atoms with Crippen LogP contribution in [0.4, 0.5) is 9.93 Å². The van der Waals surface area contributed by atoms with Gasteiger partial charge in [-0.15, -0.1) is 11.3 Å². The van der Waals surface area contributed by atoms with Crippen molar-refractivity contribution in [2.75, 3.05) is 38.3 Å².